The van der Waals surface area contributed by atoms with Crippen molar-refractivity contribution < 1.29 is 15.0 Å². The molecule has 150 valence electrons. The molecule has 1 atom stereocenters. The molecule has 0 aliphatic heterocycles. The highest BCUT2D eigenvalue weighted by Crippen LogP contribution is 2.14. The molecule has 0 heterocycles. The number of amides is 1. The lowest BCUT2D eigenvalue weighted by Gasteiger charge is -2.14. The Labute approximate surface area is 172 Å². The maximum absolute atomic E-state index is 11.2. The molecule has 2 aromatic rings. The van der Waals surface area contributed by atoms with Gasteiger partial charge in [0.15, 0.2) is 6.61 Å². The van der Waals surface area contributed by atoms with Crippen LogP contribution in [0.3, 0.4) is 0 Å². The van der Waals surface area contributed by atoms with Crippen LogP contribution in [-0.2, 0) is 17.6 Å². The first kappa shape index (κ1) is 25.2. The zero-order valence-electron chi connectivity index (χ0n) is 15.6. The van der Waals surface area contributed by atoms with Gasteiger partial charge in [0, 0.05) is 18.1 Å². The van der Waals surface area contributed by atoms with Crippen LogP contribution >= 0.6 is 24.0 Å². The second kappa shape index (κ2) is 13.4. The average Bonchev–Trinajstić information content (AvgIpc) is 2.61. The number of carbonyl (C=O) groups excluding carboxylic acids is 1. The Balaban J connectivity index is 0.00000338. The Kier molecular flexibility index (Phi) is 12.5. The molecule has 0 aliphatic rings. The number of halogens is 2. The third-order valence-electron chi connectivity index (χ3n) is 3.91. The lowest BCUT2D eigenvalue weighted by atomic mass is 10.1. The summed E-state index contributed by atoms with van der Waals surface area (Å²) < 4.78 is 5.40. The molecule has 0 aliphatic carbocycles. The van der Waals surface area contributed by atoms with Crippen LogP contribution in [0.4, 0.5) is 0 Å². The van der Waals surface area contributed by atoms with Crippen molar-refractivity contribution in [1.82, 2.24) is 10.6 Å². The van der Waals surface area contributed by atoms with Crippen molar-refractivity contribution in [3.63, 3.8) is 0 Å². The van der Waals surface area contributed by atoms with E-state index < -0.39 is 0 Å². The van der Waals surface area contributed by atoms with Gasteiger partial charge in [-0.3, -0.25) is 4.79 Å². The van der Waals surface area contributed by atoms with E-state index in [0.717, 1.165) is 24.4 Å². The van der Waals surface area contributed by atoms with E-state index in [2.05, 4.69) is 23.6 Å². The molecule has 1 amide bonds. The van der Waals surface area contributed by atoms with Crippen LogP contribution in [0, 0.1) is 0 Å². The highest BCUT2D eigenvalue weighted by atomic mass is 35.5. The number of carbonyl (C=O) groups is 1. The van der Waals surface area contributed by atoms with Crippen molar-refractivity contribution in [1.29, 1.82) is 0 Å². The van der Waals surface area contributed by atoms with Gasteiger partial charge in [-0.1, -0.05) is 35.9 Å². The zero-order valence-corrected chi connectivity index (χ0v) is 17.2. The van der Waals surface area contributed by atoms with Crippen molar-refractivity contribution in [3.05, 3.63) is 64.7 Å². The first-order valence-electron chi connectivity index (χ1n) is 8.47. The third kappa shape index (κ3) is 9.63. The topological polar surface area (TPSA) is 81.9 Å². The highest BCUT2D eigenvalue weighted by Gasteiger charge is 2.05. The van der Waals surface area contributed by atoms with E-state index in [1.807, 2.05) is 42.5 Å². The quantitative estimate of drug-likeness (QED) is 0.661. The van der Waals surface area contributed by atoms with E-state index in [1.165, 1.54) is 11.1 Å². The predicted molar refractivity (Wildman–Crippen MR) is 113 cm³/mol. The fourth-order valence-electron chi connectivity index (χ4n) is 2.52. The van der Waals surface area contributed by atoms with Crippen LogP contribution in [0.1, 0.15) is 18.1 Å². The van der Waals surface area contributed by atoms with E-state index >= 15 is 0 Å². The Morgan fingerprint density at radius 3 is 2.48 bits per heavy atom. The molecule has 4 N–H and O–H groups in total. The molecule has 0 bridgehead atoms. The number of rotatable bonds is 9. The standard InChI is InChI=1S/C20H25ClN2O2.ClH.H2O/c1-15(23-11-10-16-4-3-5-18(21)13-16)12-17-6-8-19(9-7-17)25-14-20(24)22-2;;/h3-9,13,15,23H,10-12,14H2,1-2H3,(H,22,24);1H;1H2. The van der Waals surface area contributed by atoms with Gasteiger partial charge < -0.3 is 20.8 Å². The monoisotopic (exact) mass is 414 g/mol. The van der Waals surface area contributed by atoms with Gasteiger partial charge in [-0.05, 0) is 61.7 Å². The summed E-state index contributed by atoms with van der Waals surface area (Å²) in [6, 6.07) is 16.2. The van der Waals surface area contributed by atoms with Crippen LogP contribution in [0.5, 0.6) is 5.75 Å². The molecule has 0 saturated carbocycles. The Hall–Kier alpha value is -1.79. The highest BCUT2D eigenvalue weighted by molar-refractivity contribution is 6.30. The summed E-state index contributed by atoms with van der Waals surface area (Å²) in [5, 5.41) is 6.84. The minimum Gasteiger partial charge on any atom is -0.484 e. The van der Waals surface area contributed by atoms with Crippen LogP contribution in [-0.4, -0.2) is 37.6 Å². The van der Waals surface area contributed by atoms with E-state index in [-0.39, 0.29) is 30.4 Å². The van der Waals surface area contributed by atoms with Gasteiger partial charge in [-0.2, -0.15) is 0 Å². The summed E-state index contributed by atoms with van der Waals surface area (Å²) >= 11 is 6.00. The maximum Gasteiger partial charge on any atom is 0.257 e. The molecule has 1 unspecified atom stereocenters. The van der Waals surface area contributed by atoms with Crippen LogP contribution in [0.15, 0.2) is 48.5 Å². The minimum absolute atomic E-state index is 0. The Bertz CT molecular complexity index is 681. The fourth-order valence-corrected chi connectivity index (χ4v) is 2.74. The SMILES string of the molecule is CNC(=O)COc1ccc(CC(C)NCCc2cccc(Cl)c2)cc1.Cl.O. The van der Waals surface area contributed by atoms with Crippen LogP contribution < -0.4 is 15.4 Å². The first-order chi connectivity index (χ1) is 12.1. The summed E-state index contributed by atoms with van der Waals surface area (Å²) in [5.74, 6) is 0.565. The fraction of sp³-hybridized carbons (Fsp3) is 0.350. The van der Waals surface area contributed by atoms with Gasteiger partial charge in [0.05, 0.1) is 0 Å². The van der Waals surface area contributed by atoms with Crippen LogP contribution in [0.2, 0.25) is 5.02 Å². The number of ether oxygens (including phenoxy) is 1. The Morgan fingerprint density at radius 2 is 1.85 bits per heavy atom. The van der Waals surface area contributed by atoms with Gasteiger partial charge in [-0.25, -0.2) is 0 Å². The molecule has 2 rings (SSSR count). The average molecular weight is 415 g/mol. The number of nitrogens with one attached hydrogen (secondary N) is 2. The second-order valence-electron chi connectivity index (χ2n) is 6.05. The van der Waals surface area contributed by atoms with Crippen molar-refractivity contribution in [2.45, 2.75) is 25.8 Å². The molecular weight excluding hydrogens is 387 g/mol. The smallest absolute Gasteiger partial charge is 0.257 e. The van der Waals surface area contributed by atoms with E-state index in [9.17, 15) is 4.79 Å². The van der Waals surface area contributed by atoms with E-state index in [4.69, 9.17) is 16.3 Å². The number of benzene rings is 2. The van der Waals surface area contributed by atoms with E-state index in [1.54, 1.807) is 7.05 Å². The summed E-state index contributed by atoms with van der Waals surface area (Å²) in [5.41, 5.74) is 2.47. The lowest BCUT2D eigenvalue weighted by Crippen LogP contribution is -2.30. The van der Waals surface area contributed by atoms with Gasteiger partial charge in [0.1, 0.15) is 5.75 Å². The normalized spacial score (nSPS) is 10.9. The van der Waals surface area contributed by atoms with Crippen molar-refractivity contribution >= 4 is 29.9 Å². The molecule has 2 aromatic carbocycles. The van der Waals surface area contributed by atoms with Crippen LogP contribution in [0.25, 0.3) is 0 Å². The molecule has 27 heavy (non-hydrogen) atoms. The number of likely N-dealkylation sites (N-methyl/N-ethyl adjacent to an activating group) is 1. The van der Waals surface area contributed by atoms with Gasteiger partial charge in [0.25, 0.3) is 5.91 Å². The lowest BCUT2D eigenvalue weighted by molar-refractivity contribution is -0.122. The summed E-state index contributed by atoms with van der Waals surface area (Å²) in [4.78, 5) is 11.2. The molecule has 5 nitrogen and oxygen atoms in total. The van der Waals surface area contributed by atoms with Gasteiger partial charge in [0.2, 0.25) is 0 Å². The minimum atomic E-state index is -0.137. The summed E-state index contributed by atoms with van der Waals surface area (Å²) in [6.45, 7) is 3.13. The molecular formula is C20H28Cl2N2O3. The predicted octanol–water partition coefficient (Wildman–Crippen LogP) is 2.83. The van der Waals surface area contributed by atoms with Crippen molar-refractivity contribution in [3.8, 4) is 5.75 Å². The molecule has 0 spiro atoms. The van der Waals surface area contributed by atoms with Gasteiger partial charge in [-0.15, -0.1) is 12.4 Å². The Morgan fingerprint density at radius 1 is 1.15 bits per heavy atom. The number of hydrogen-bond donors (Lipinski definition) is 2. The second-order valence-corrected chi connectivity index (χ2v) is 6.48. The summed E-state index contributed by atoms with van der Waals surface area (Å²) in [7, 11) is 1.59. The molecule has 0 saturated heterocycles. The van der Waals surface area contributed by atoms with Crippen molar-refractivity contribution in [2.24, 2.45) is 0 Å². The third-order valence-corrected chi connectivity index (χ3v) is 4.14. The molecule has 7 heteroatoms. The van der Waals surface area contributed by atoms with Crippen molar-refractivity contribution in [2.75, 3.05) is 20.2 Å². The molecule has 0 fully saturated rings. The molecule has 0 aromatic heterocycles. The maximum atomic E-state index is 11.2. The zero-order chi connectivity index (χ0) is 18.1. The first-order valence-corrected chi connectivity index (χ1v) is 8.85. The summed E-state index contributed by atoms with van der Waals surface area (Å²) in [6.07, 6.45) is 1.89. The molecule has 0 radical (unpaired) electrons. The largest absolute Gasteiger partial charge is 0.484 e. The number of hydrogen-bond acceptors (Lipinski definition) is 3. The van der Waals surface area contributed by atoms with Gasteiger partial charge >= 0.3 is 0 Å². The van der Waals surface area contributed by atoms with E-state index in [0.29, 0.717) is 11.8 Å².